The number of non-ortho nitro benzene ring substituents is 1. The fourth-order valence-electron chi connectivity index (χ4n) is 2.03. The first kappa shape index (κ1) is 16.3. The number of nitro groups is 1. The number of rotatable bonds is 6. The number of anilines is 2. The zero-order valence-electron chi connectivity index (χ0n) is 12.8. The summed E-state index contributed by atoms with van der Waals surface area (Å²) in [5.74, 6) is -0.0400. The van der Waals surface area contributed by atoms with E-state index in [1.807, 2.05) is 31.2 Å². The molecule has 7 nitrogen and oxygen atoms in total. The number of hydrogen-bond donors (Lipinski definition) is 2. The predicted molar refractivity (Wildman–Crippen MR) is 87.9 cm³/mol. The van der Waals surface area contributed by atoms with E-state index in [0.717, 1.165) is 11.3 Å². The first-order valence-corrected chi connectivity index (χ1v) is 6.92. The first-order valence-electron chi connectivity index (χ1n) is 6.92. The largest absolute Gasteiger partial charge is 0.494 e. The van der Waals surface area contributed by atoms with Crippen LogP contribution in [0.2, 0.25) is 0 Å². The van der Waals surface area contributed by atoms with Crippen LogP contribution in [-0.2, 0) is 4.79 Å². The molecule has 0 unspecified atom stereocenters. The zero-order valence-corrected chi connectivity index (χ0v) is 12.8. The van der Waals surface area contributed by atoms with Crippen LogP contribution < -0.4 is 15.4 Å². The Morgan fingerprint density at radius 3 is 2.70 bits per heavy atom. The molecular formula is C16H17N3O4. The van der Waals surface area contributed by atoms with Gasteiger partial charge in [0.05, 0.1) is 30.3 Å². The van der Waals surface area contributed by atoms with Gasteiger partial charge in [0.15, 0.2) is 0 Å². The van der Waals surface area contributed by atoms with Gasteiger partial charge < -0.3 is 15.4 Å². The number of nitrogens with zero attached hydrogens (tertiary/aromatic N) is 1. The summed E-state index contributed by atoms with van der Waals surface area (Å²) in [5.41, 5.74) is 2.22. The van der Waals surface area contributed by atoms with E-state index in [1.54, 1.807) is 0 Å². The molecule has 0 aliphatic rings. The van der Waals surface area contributed by atoms with Gasteiger partial charge in [0, 0.05) is 11.8 Å². The van der Waals surface area contributed by atoms with Gasteiger partial charge in [0.2, 0.25) is 5.91 Å². The molecule has 7 heteroatoms. The van der Waals surface area contributed by atoms with Crippen molar-refractivity contribution in [2.75, 3.05) is 24.3 Å². The van der Waals surface area contributed by atoms with Gasteiger partial charge in [-0.15, -0.1) is 0 Å². The van der Waals surface area contributed by atoms with Crippen LogP contribution in [0.25, 0.3) is 0 Å². The second-order valence-electron chi connectivity index (χ2n) is 4.91. The minimum absolute atomic E-state index is 0.0730. The SMILES string of the molecule is COc1cc([N+](=O)[O-])ccc1NC(=O)CNc1cccc(C)c1. The molecule has 120 valence electrons. The number of carbonyl (C=O) groups excluding carboxylic acids is 1. The maximum atomic E-state index is 12.0. The Balaban J connectivity index is 2.01. The van der Waals surface area contributed by atoms with Crippen molar-refractivity contribution in [2.24, 2.45) is 0 Å². The number of nitro benzene ring substituents is 1. The number of carbonyl (C=O) groups is 1. The second-order valence-corrected chi connectivity index (χ2v) is 4.91. The summed E-state index contributed by atoms with van der Waals surface area (Å²) in [6.07, 6.45) is 0. The average molecular weight is 315 g/mol. The molecule has 0 aromatic heterocycles. The van der Waals surface area contributed by atoms with Crippen LogP contribution in [0, 0.1) is 17.0 Å². The lowest BCUT2D eigenvalue weighted by atomic mass is 10.2. The smallest absolute Gasteiger partial charge is 0.273 e. The third-order valence-electron chi connectivity index (χ3n) is 3.14. The Labute approximate surface area is 133 Å². The van der Waals surface area contributed by atoms with Crippen LogP contribution >= 0.6 is 0 Å². The van der Waals surface area contributed by atoms with Gasteiger partial charge in [-0.1, -0.05) is 12.1 Å². The van der Waals surface area contributed by atoms with Crippen molar-refractivity contribution in [3.63, 3.8) is 0 Å². The number of ether oxygens (including phenoxy) is 1. The minimum Gasteiger partial charge on any atom is -0.494 e. The molecule has 2 aromatic carbocycles. The summed E-state index contributed by atoms with van der Waals surface area (Å²) in [7, 11) is 1.39. The van der Waals surface area contributed by atoms with Gasteiger partial charge in [0.1, 0.15) is 5.75 Å². The van der Waals surface area contributed by atoms with E-state index < -0.39 is 4.92 Å². The summed E-state index contributed by atoms with van der Waals surface area (Å²) >= 11 is 0. The summed E-state index contributed by atoms with van der Waals surface area (Å²) in [5, 5.41) is 16.4. The third kappa shape index (κ3) is 4.44. The number of nitrogens with one attached hydrogen (secondary N) is 2. The molecule has 2 N–H and O–H groups in total. The number of benzene rings is 2. The summed E-state index contributed by atoms with van der Waals surface area (Å²) in [6, 6.07) is 11.7. The van der Waals surface area contributed by atoms with E-state index in [4.69, 9.17) is 4.74 Å². The molecule has 0 atom stereocenters. The Bertz CT molecular complexity index is 731. The fourth-order valence-corrected chi connectivity index (χ4v) is 2.03. The molecule has 2 aromatic rings. The van der Waals surface area contributed by atoms with E-state index in [1.165, 1.54) is 25.3 Å². The molecule has 0 radical (unpaired) electrons. The minimum atomic E-state index is -0.520. The lowest BCUT2D eigenvalue weighted by Gasteiger charge is -2.11. The predicted octanol–water partition coefficient (Wildman–Crippen LogP) is 2.96. The Kier molecular flexibility index (Phi) is 5.14. The van der Waals surface area contributed by atoms with Crippen LogP contribution in [0.3, 0.4) is 0 Å². The highest BCUT2D eigenvalue weighted by atomic mass is 16.6. The highest BCUT2D eigenvalue weighted by Gasteiger charge is 2.13. The van der Waals surface area contributed by atoms with Gasteiger partial charge >= 0.3 is 0 Å². The molecule has 0 aliphatic heterocycles. The quantitative estimate of drug-likeness (QED) is 0.631. The highest BCUT2D eigenvalue weighted by Crippen LogP contribution is 2.28. The standard InChI is InChI=1S/C16H17N3O4/c1-11-4-3-5-12(8-11)17-10-16(20)18-14-7-6-13(19(21)22)9-15(14)23-2/h3-9,17H,10H2,1-2H3,(H,18,20). The zero-order chi connectivity index (χ0) is 16.8. The molecule has 0 fully saturated rings. The van der Waals surface area contributed by atoms with E-state index in [2.05, 4.69) is 10.6 Å². The summed E-state index contributed by atoms with van der Waals surface area (Å²) < 4.78 is 5.08. The molecule has 2 rings (SSSR count). The normalized spacial score (nSPS) is 10.0. The molecule has 0 spiro atoms. The van der Waals surface area contributed by atoms with Crippen LogP contribution in [0.5, 0.6) is 5.75 Å². The van der Waals surface area contributed by atoms with E-state index in [-0.39, 0.29) is 23.9 Å². The van der Waals surface area contributed by atoms with Gasteiger partial charge in [-0.3, -0.25) is 14.9 Å². The summed E-state index contributed by atoms with van der Waals surface area (Å²) in [6.45, 7) is 2.04. The molecule has 23 heavy (non-hydrogen) atoms. The maximum absolute atomic E-state index is 12.0. The maximum Gasteiger partial charge on any atom is 0.273 e. The van der Waals surface area contributed by atoms with Crippen molar-refractivity contribution >= 4 is 23.0 Å². The van der Waals surface area contributed by atoms with Crippen molar-refractivity contribution in [2.45, 2.75) is 6.92 Å². The molecular weight excluding hydrogens is 298 g/mol. The number of aryl methyl sites for hydroxylation is 1. The van der Waals surface area contributed by atoms with Crippen LogP contribution in [0.1, 0.15) is 5.56 Å². The third-order valence-corrected chi connectivity index (χ3v) is 3.14. The lowest BCUT2D eigenvalue weighted by Crippen LogP contribution is -2.22. The van der Waals surface area contributed by atoms with Crippen LogP contribution in [0.15, 0.2) is 42.5 Å². The van der Waals surface area contributed by atoms with Crippen LogP contribution in [0.4, 0.5) is 17.1 Å². The summed E-state index contributed by atoms with van der Waals surface area (Å²) in [4.78, 5) is 22.2. The molecule has 0 heterocycles. The number of hydrogen-bond acceptors (Lipinski definition) is 5. The molecule has 0 saturated carbocycles. The number of amides is 1. The Hall–Kier alpha value is -3.09. The lowest BCUT2D eigenvalue weighted by molar-refractivity contribution is -0.384. The highest BCUT2D eigenvalue weighted by molar-refractivity contribution is 5.95. The van der Waals surface area contributed by atoms with Gasteiger partial charge in [-0.05, 0) is 30.7 Å². The first-order chi connectivity index (χ1) is 11.0. The topological polar surface area (TPSA) is 93.5 Å². The molecule has 0 bridgehead atoms. The molecule has 1 amide bonds. The average Bonchev–Trinajstić information content (AvgIpc) is 2.53. The molecule has 0 aliphatic carbocycles. The van der Waals surface area contributed by atoms with Crippen LogP contribution in [-0.4, -0.2) is 24.5 Å². The number of methoxy groups -OCH3 is 1. The second kappa shape index (κ2) is 7.26. The van der Waals surface area contributed by atoms with E-state index >= 15 is 0 Å². The molecule has 0 saturated heterocycles. The van der Waals surface area contributed by atoms with Gasteiger partial charge in [-0.25, -0.2) is 0 Å². The monoisotopic (exact) mass is 315 g/mol. The Morgan fingerprint density at radius 2 is 2.04 bits per heavy atom. The van der Waals surface area contributed by atoms with Gasteiger partial charge in [0.25, 0.3) is 5.69 Å². The van der Waals surface area contributed by atoms with Gasteiger partial charge in [-0.2, -0.15) is 0 Å². The van der Waals surface area contributed by atoms with Crippen molar-refractivity contribution in [1.82, 2.24) is 0 Å². The van der Waals surface area contributed by atoms with Crippen molar-refractivity contribution in [3.05, 3.63) is 58.1 Å². The van der Waals surface area contributed by atoms with E-state index in [9.17, 15) is 14.9 Å². The Morgan fingerprint density at radius 1 is 1.26 bits per heavy atom. The van der Waals surface area contributed by atoms with Crippen molar-refractivity contribution in [3.8, 4) is 5.75 Å². The fraction of sp³-hybridized carbons (Fsp3) is 0.188. The van der Waals surface area contributed by atoms with Crippen molar-refractivity contribution in [1.29, 1.82) is 0 Å². The van der Waals surface area contributed by atoms with E-state index in [0.29, 0.717) is 5.69 Å². The van der Waals surface area contributed by atoms with Crippen molar-refractivity contribution < 1.29 is 14.5 Å².